The van der Waals surface area contributed by atoms with E-state index in [2.05, 4.69) is 5.32 Å². The van der Waals surface area contributed by atoms with Gasteiger partial charge in [-0.15, -0.1) is 0 Å². The van der Waals surface area contributed by atoms with E-state index < -0.39 is 94.5 Å². The average molecular weight is 836 g/mol. The third-order valence-corrected chi connectivity index (χ3v) is 12.6. The zero-order chi connectivity index (χ0) is 43.8. The number of carbonyl (C=O) groups excluding carboxylic acids is 5. The highest BCUT2D eigenvalue weighted by Crippen LogP contribution is 2.49. The molecule has 9 atom stereocenters. The van der Waals surface area contributed by atoms with Crippen LogP contribution in [0.25, 0.3) is 0 Å². The molecule has 5 aliphatic heterocycles. The first kappa shape index (κ1) is 44.5. The van der Waals surface area contributed by atoms with Crippen molar-refractivity contribution >= 4 is 29.4 Å². The van der Waals surface area contributed by atoms with Gasteiger partial charge < -0.3 is 54.1 Å². The van der Waals surface area contributed by atoms with Crippen LogP contribution in [0.4, 0.5) is 4.79 Å². The SMILES string of the molecule is CO[C@H]1C=CO[C@@]2(C)Oc3c(C)c(O)c4c(c3C2=O)C(=O)C(N2CCOCC2)=C(NC(=O)C(C)=CC=C[C@H](C)[C@H](O)[C@@H](C)[C@@H](O)[C@@H](C)[C@H](OC(=O)N2CCCC2)[C@@H]1C)C4=O. The predicted molar refractivity (Wildman–Crippen MR) is 216 cm³/mol. The van der Waals surface area contributed by atoms with Gasteiger partial charge in [0, 0.05) is 75.0 Å². The zero-order valence-corrected chi connectivity index (χ0v) is 35.5. The number of allylic oxidation sites excluding steroid dienone is 4. The maximum atomic E-state index is 14.7. The number of aliphatic hydroxyl groups is 2. The first-order valence-corrected chi connectivity index (χ1v) is 20.6. The molecule has 60 heavy (non-hydrogen) atoms. The van der Waals surface area contributed by atoms with Crippen LogP contribution in [0.3, 0.4) is 0 Å². The van der Waals surface area contributed by atoms with Crippen LogP contribution in [0.1, 0.15) is 91.0 Å². The van der Waals surface area contributed by atoms with E-state index in [1.165, 1.54) is 46.3 Å². The fourth-order valence-electron chi connectivity index (χ4n) is 8.66. The van der Waals surface area contributed by atoms with E-state index in [0.29, 0.717) is 13.1 Å². The number of likely N-dealkylation sites (tertiary alicyclic amines) is 1. The fraction of sp³-hybridized carbons (Fsp3) is 0.568. The number of ether oxygens (including phenoxy) is 5. The molecule has 0 spiro atoms. The lowest BCUT2D eigenvalue weighted by molar-refractivity contribution is -0.116. The van der Waals surface area contributed by atoms with Crippen molar-refractivity contribution in [1.82, 2.24) is 15.1 Å². The van der Waals surface area contributed by atoms with Crippen LogP contribution in [0.5, 0.6) is 11.5 Å². The number of nitrogens with one attached hydrogen (secondary N) is 1. The number of methoxy groups -OCH3 is 1. The molecule has 1 aromatic carbocycles. The molecule has 0 radical (unpaired) electrons. The standard InChI is InChI=1S/C44H57N3O13/c1-22-12-11-13-23(2)42(54)45-32-33(46-17-20-57-21-18-46)38(52)29-30(37(32)51)36(50)27(6)40-31(29)41(53)44(7,60-40)58-19-14-28(56-8)24(3)39(26(5)35(49)25(4)34(22)48)59-43(55)47-15-9-10-16-47/h11-14,19,22,24-26,28,34-35,39,48-50H,9-10,15-18,20-21H2,1-8H3,(H,45,54)/t22-,24+,25+,26+,28-,34-,35+,39+,44-/m0/s1. The van der Waals surface area contributed by atoms with E-state index in [0.717, 1.165) is 12.8 Å². The summed E-state index contributed by atoms with van der Waals surface area (Å²) < 4.78 is 29.6. The number of carbonyl (C=O) groups is 5. The number of aliphatic hydroxyl groups excluding tert-OH is 2. The number of ketones is 3. The molecule has 4 N–H and O–H groups in total. The number of phenolic OH excluding ortho intramolecular Hbond substituents is 1. The Morgan fingerprint density at radius 1 is 0.883 bits per heavy atom. The number of Topliss-reactive ketones (excluding diaryl/α,β-unsaturated/α-hetero) is 3. The molecule has 2 fully saturated rings. The van der Waals surface area contributed by atoms with Gasteiger partial charge in [-0.2, -0.15) is 0 Å². The molecule has 6 aliphatic rings. The molecule has 0 saturated carbocycles. The number of morpholine rings is 1. The van der Waals surface area contributed by atoms with Crippen LogP contribution in [0, 0.1) is 30.6 Å². The van der Waals surface area contributed by atoms with Crippen LogP contribution in [-0.4, -0.2) is 131 Å². The summed E-state index contributed by atoms with van der Waals surface area (Å²) in [5, 5.41) is 37.4. The van der Waals surface area contributed by atoms with E-state index in [4.69, 9.17) is 23.7 Å². The number of benzene rings is 1. The molecule has 2 amide bonds. The van der Waals surface area contributed by atoms with E-state index in [9.17, 15) is 39.3 Å². The highest BCUT2D eigenvalue weighted by molar-refractivity contribution is 6.32. The number of hydrogen-bond acceptors (Lipinski definition) is 14. The summed E-state index contributed by atoms with van der Waals surface area (Å²) in [7, 11) is 1.45. The molecule has 326 valence electrons. The topological polar surface area (TPSA) is 211 Å². The maximum Gasteiger partial charge on any atom is 0.410 e. The monoisotopic (exact) mass is 835 g/mol. The lowest BCUT2D eigenvalue weighted by Crippen LogP contribution is -2.48. The minimum absolute atomic E-state index is 0.00548. The van der Waals surface area contributed by atoms with Crippen molar-refractivity contribution in [3.63, 3.8) is 0 Å². The molecule has 16 nitrogen and oxygen atoms in total. The number of aromatic hydroxyl groups is 1. The van der Waals surface area contributed by atoms with Gasteiger partial charge in [-0.25, -0.2) is 4.79 Å². The van der Waals surface area contributed by atoms with E-state index in [1.807, 2.05) is 0 Å². The number of rotatable bonds is 3. The molecule has 5 heterocycles. The number of phenols is 1. The number of hydrogen-bond donors (Lipinski definition) is 4. The first-order chi connectivity index (χ1) is 28.4. The molecule has 5 bridgehead atoms. The van der Waals surface area contributed by atoms with Gasteiger partial charge in [-0.05, 0) is 32.8 Å². The van der Waals surface area contributed by atoms with Crippen LogP contribution in [0.15, 0.2) is 47.5 Å². The van der Waals surface area contributed by atoms with Crippen LogP contribution >= 0.6 is 0 Å². The summed E-state index contributed by atoms with van der Waals surface area (Å²) in [6.07, 6.45) is 4.62. The largest absolute Gasteiger partial charge is 0.507 e. The van der Waals surface area contributed by atoms with Gasteiger partial charge in [0.25, 0.3) is 11.7 Å². The second kappa shape index (κ2) is 17.9. The van der Waals surface area contributed by atoms with Crippen molar-refractivity contribution in [2.24, 2.45) is 23.7 Å². The summed E-state index contributed by atoms with van der Waals surface area (Å²) >= 11 is 0. The van der Waals surface area contributed by atoms with Crippen LogP contribution in [-0.2, 0) is 23.7 Å². The molecule has 1 aromatic rings. The first-order valence-electron chi connectivity index (χ1n) is 20.6. The highest BCUT2D eigenvalue weighted by Gasteiger charge is 2.53. The van der Waals surface area contributed by atoms with Gasteiger partial charge in [-0.3, -0.25) is 19.2 Å². The van der Waals surface area contributed by atoms with Gasteiger partial charge in [0.1, 0.15) is 29.0 Å². The quantitative estimate of drug-likeness (QED) is 0.340. The summed E-state index contributed by atoms with van der Waals surface area (Å²) in [5.74, 6) is -8.53. The van der Waals surface area contributed by atoms with Crippen molar-refractivity contribution in [3.8, 4) is 11.5 Å². The fourth-order valence-corrected chi connectivity index (χ4v) is 8.66. The Bertz CT molecular complexity index is 2030. The Kier molecular flexibility index (Phi) is 13.3. The van der Waals surface area contributed by atoms with Crippen molar-refractivity contribution in [3.05, 3.63) is 69.8 Å². The van der Waals surface area contributed by atoms with Gasteiger partial charge in [0.05, 0.1) is 54.5 Å². The molecule has 0 unspecified atom stereocenters. The molecular weight excluding hydrogens is 778 g/mol. The van der Waals surface area contributed by atoms with Gasteiger partial charge >= 0.3 is 11.9 Å². The van der Waals surface area contributed by atoms with Gasteiger partial charge in [0.2, 0.25) is 11.6 Å². The minimum atomic E-state index is -2.08. The van der Waals surface area contributed by atoms with Crippen LogP contribution < -0.4 is 10.1 Å². The third kappa shape index (κ3) is 8.21. The van der Waals surface area contributed by atoms with Crippen molar-refractivity contribution in [1.29, 1.82) is 0 Å². The van der Waals surface area contributed by atoms with E-state index in [-0.39, 0.29) is 65.7 Å². The number of fused-ring (bicyclic) bond motifs is 14. The molecule has 0 aromatic heterocycles. The summed E-state index contributed by atoms with van der Waals surface area (Å²) in [5.41, 5.74) is -1.45. The highest BCUT2D eigenvalue weighted by atomic mass is 16.7. The Hall–Kier alpha value is -5.03. The lowest BCUT2D eigenvalue weighted by Gasteiger charge is -2.38. The minimum Gasteiger partial charge on any atom is -0.507 e. The Morgan fingerprint density at radius 3 is 2.20 bits per heavy atom. The predicted octanol–water partition coefficient (Wildman–Crippen LogP) is 3.96. The van der Waals surface area contributed by atoms with Crippen molar-refractivity contribution in [2.75, 3.05) is 46.5 Å². The number of nitrogens with zero attached hydrogens (tertiary/aromatic N) is 2. The summed E-state index contributed by atoms with van der Waals surface area (Å²) in [4.78, 5) is 74.0. The third-order valence-electron chi connectivity index (χ3n) is 12.6. The molecular formula is C44H57N3O13. The van der Waals surface area contributed by atoms with Crippen molar-refractivity contribution < 1.29 is 63.0 Å². The molecule has 7 rings (SSSR count). The summed E-state index contributed by atoms with van der Waals surface area (Å²) in [6, 6.07) is 0. The molecule has 16 heteroatoms. The average Bonchev–Trinajstić information content (AvgIpc) is 3.87. The Morgan fingerprint density at radius 2 is 1.55 bits per heavy atom. The Labute approximate surface area is 349 Å². The van der Waals surface area contributed by atoms with E-state index in [1.54, 1.807) is 49.6 Å². The smallest absolute Gasteiger partial charge is 0.410 e. The lowest BCUT2D eigenvalue weighted by atomic mass is 9.78. The van der Waals surface area contributed by atoms with Gasteiger partial charge in [-0.1, -0.05) is 45.9 Å². The summed E-state index contributed by atoms with van der Waals surface area (Å²) in [6.45, 7) is 13.2. The second-order valence-corrected chi connectivity index (χ2v) is 16.6. The normalized spacial score (nSPS) is 31.9. The van der Waals surface area contributed by atoms with Gasteiger partial charge in [0.15, 0.2) is 0 Å². The van der Waals surface area contributed by atoms with Crippen LogP contribution in [0.2, 0.25) is 0 Å². The number of amides is 2. The zero-order valence-electron chi connectivity index (χ0n) is 35.5. The molecule has 1 aliphatic carbocycles. The maximum absolute atomic E-state index is 14.7. The Balaban J connectivity index is 1.46. The van der Waals surface area contributed by atoms with E-state index >= 15 is 0 Å². The second-order valence-electron chi connectivity index (χ2n) is 16.6. The molecule has 2 saturated heterocycles. The van der Waals surface area contributed by atoms with Crippen molar-refractivity contribution in [2.45, 2.75) is 91.5 Å².